The van der Waals surface area contributed by atoms with Crippen molar-refractivity contribution in [3.63, 3.8) is 0 Å². The summed E-state index contributed by atoms with van der Waals surface area (Å²) in [7, 11) is 1.42. The summed E-state index contributed by atoms with van der Waals surface area (Å²) in [5, 5.41) is 19.5. The Morgan fingerprint density at radius 2 is 1.95 bits per heavy atom. The van der Waals surface area contributed by atoms with Crippen molar-refractivity contribution >= 4 is 23.6 Å². The van der Waals surface area contributed by atoms with E-state index in [1.165, 1.54) is 43.5 Å². The van der Waals surface area contributed by atoms with Gasteiger partial charge in [-0.1, -0.05) is 6.92 Å². The summed E-state index contributed by atoms with van der Waals surface area (Å²) in [5.74, 6) is -1.50. The van der Waals surface area contributed by atoms with Gasteiger partial charge in [0.25, 0.3) is 5.69 Å². The zero-order valence-corrected chi connectivity index (χ0v) is 11.7. The van der Waals surface area contributed by atoms with E-state index in [1.807, 2.05) is 0 Å². The third-order valence-corrected chi connectivity index (χ3v) is 3.01. The monoisotopic (exact) mass is 292 g/mol. The van der Waals surface area contributed by atoms with Gasteiger partial charge in [0.05, 0.1) is 4.92 Å². The molecule has 1 aromatic rings. The molecule has 1 N–H and O–H groups in total. The second-order valence-corrected chi connectivity index (χ2v) is 4.39. The third-order valence-electron chi connectivity index (χ3n) is 3.01. The molecule has 0 aliphatic carbocycles. The van der Waals surface area contributed by atoms with Crippen LogP contribution in [0.3, 0.4) is 0 Å². The highest BCUT2D eigenvalue weighted by Crippen LogP contribution is 2.13. The van der Waals surface area contributed by atoms with Gasteiger partial charge >= 0.3 is 5.97 Å². The lowest BCUT2D eigenvalue weighted by molar-refractivity contribution is -0.384. The molecule has 0 bridgehead atoms. The van der Waals surface area contributed by atoms with E-state index in [0.717, 1.165) is 4.90 Å². The smallest absolute Gasteiger partial charge is 0.326 e. The number of nitrogens with zero attached hydrogens (tertiary/aromatic N) is 2. The van der Waals surface area contributed by atoms with E-state index in [2.05, 4.69) is 0 Å². The summed E-state index contributed by atoms with van der Waals surface area (Å²) in [6, 6.07) is 4.81. The number of non-ortho nitro benzene ring substituents is 1. The van der Waals surface area contributed by atoms with Crippen LogP contribution in [-0.4, -0.2) is 39.9 Å². The number of hydrogen-bond acceptors (Lipinski definition) is 4. The minimum Gasteiger partial charge on any atom is -0.480 e. The molecule has 1 amide bonds. The number of amides is 1. The number of nitro benzene ring substituents is 1. The number of aliphatic carboxylic acids is 1. The van der Waals surface area contributed by atoms with Gasteiger partial charge in [-0.3, -0.25) is 14.9 Å². The predicted molar refractivity (Wildman–Crippen MR) is 76.6 cm³/mol. The maximum Gasteiger partial charge on any atom is 0.326 e. The number of carboxylic acid groups (broad SMARTS) is 1. The highest BCUT2D eigenvalue weighted by molar-refractivity contribution is 5.94. The van der Waals surface area contributed by atoms with Gasteiger partial charge in [-0.15, -0.1) is 0 Å². The van der Waals surface area contributed by atoms with Gasteiger partial charge in [0.2, 0.25) is 5.91 Å². The molecular weight excluding hydrogens is 276 g/mol. The minimum absolute atomic E-state index is 0.0347. The molecule has 1 unspecified atom stereocenters. The third kappa shape index (κ3) is 4.41. The molecule has 112 valence electrons. The van der Waals surface area contributed by atoms with Crippen LogP contribution in [0.1, 0.15) is 18.9 Å². The van der Waals surface area contributed by atoms with Gasteiger partial charge in [-0.05, 0) is 30.2 Å². The van der Waals surface area contributed by atoms with Crippen molar-refractivity contribution in [2.45, 2.75) is 19.4 Å². The fourth-order valence-electron chi connectivity index (χ4n) is 1.76. The van der Waals surface area contributed by atoms with Crippen LogP contribution < -0.4 is 0 Å². The van der Waals surface area contributed by atoms with Crippen LogP contribution in [0.4, 0.5) is 5.69 Å². The lowest BCUT2D eigenvalue weighted by atomic mass is 10.1. The molecule has 1 atom stereocenters. The minimum atomic E-state index is -1.06. The highest BCUT2D eigenvalue weighted by atomic mass is 16.6. The van der Waals surface area contributed by atoms with Crippen LogP contribution in [0.5, 0.6) is 0 Å². The fraction of sp³-hybridized carbons (Fsp3) is 0.286. The molecule has 0 spiro atoms. The van der Waals surface area contributed by atoms with E-state index in [0.29, 0.717) is 12.0 Å². The number of rotatable bonds is 6. The number of likely N-dealkylation sites (N-methyl/N-ethyl adjacent to an activating group) is 1. The predicted octanol–water partition coefficient (Wildman–Crippen LogP) is 1.93. The zero-order chi connectivity index (χ0) is 16.0. The van der Waals surface area contributed by atoms with Gasteiger partial charge in [-0.25, -0.2) is 4.79 Å². The average Bonchev–Trinajstić information content (AvgIpc) is 2.45. The normalized spacial score (nSPS) is 12.1. The number of carboxylic acids is 1. The van der Waals surface area contributed by atoms with Crippen molar-refractivity contribution < 1.29 is 19.6 Å². The number of benzene rings is 1. The van der Waals surface area contributed by atoms with Gasteiger partial charge in [0.15, 0.2) is 0 Å². The molecule has 0 saturated heterocycles. The first-order valence-electron chi connectivity index (χ1n) is 6.29. The molecular formula is C14H16N2O5. The molecule has 1 aromatic carbocycles. The van der Waals surface area contributed by atoms with E-state index < -0.39 is 22.8 Å². The van der Waals surface area contributed by atoms with Crippen molar-refractivity contribution in [3.05, 3.63) is 46.0 Å². The molecule has 0 aliphatic rings. The largest absolute Gasteiger partial charge is 0.480 e. The first-order chi connectivity index (χ1) is 9.86. The molecule has 0 fully saturated rings. The van der Waals surface area contributed by atoms with E-state index in [9.17, 15) is 19.7 Å². The first-order valence-corrected chi connectivity index (χ1v) is 6.29. The van der Waals surface area contributed by atoms with Crippen molar-refractivity contribution in [1.82, 2.24) is 4.90 Å². The Morgan fingerprint density at radius 1 is 1.38 bits per heavy atom. The Kier molecular flexibility index (Phi) is 5.59. The van der Waals surface area contributed by atoms with Gasteiger partial charge in [0, 0.05) is 25.3 Å². The quantitative estimate of drug-likeness (QED) is 0.490. The fourth-order valence-corrected chi connectivity index (χ4v) is 1.76. The van der Waals surface area contributed by atoms with E-state index in [-0.39, 0.29) is 5.69 Å². The van der Waals surface area contributed by atoms with Crippen LogP contribution in [0.15, 0.2) is 30.3 Å². The van der Waals surface area contributed by atoms with Gasteiger partial charge in [-0.2, -0.15) is 0 Å². The Bertz CT molecular complexity index is 565. The maximum absolute atomic E-state index is 11.9. The molecule has 0 aliphatic heterocycles. The Labute approximate surface area is 121 Å². The van der Waals surface area contributed by atoms with Crippen molar-refractivity contribution in [2.24, 2.45) is 0 Å². The molecule has 0 heterocycles. The van der Waals surface area contributed by atoms with Crippen molar-refractivity contribution in [2.75, 3.05) is 7.05 Å². The summed E-state index contributed by atoms with van der Waals surface area (Å²) in [6.07, 6.45) is 3.03. The van der Waals surface area contributed by atoms with Crippen LogP contribution in [0, 0.1) is 10.1 Å². The van der Waals surface area contributed by atoms with Crippen LogP contribution >= 0.6 is 0 Å². The standard InChI is InChI=1S/C14H16N2O5/c1-3-12(14(18)19)15(2)13(17)9-6-10-4-7-11(8-5-10)16(20)21/h4-9,12H,3H2,1-2H3,(H,18,19). The maximum atomic E-state index is 11.9. The summed E-state index contributed by atoms with van der Waals surface area (Å²) >= 11 is 0. The van der Waals surface area contributed by atoms with Crippen molar-refractivity contribution in [3.8, 4) is 0 Å². The number of nitro groups is 1. The van der Waals surface area contributed by atoms with E-state index >= 15 is 0 Å². The first kappa shape index (κ1) is 16.4. The SMILES string of the molecule is CCC(C(=O)O)N(C)C(=O)C=Cc1ccc([N+](=O)[O-])cc1. The Morgan fingerprint density at radius 3 is 2.38 bits per heavy atom. The molecule has 0 radical (unpaired) electrons. The zero-order valence-electron chi connectivity index (χ0n) is 11.7. The number of carbonyl (C=O) groups is 2. The van der Waals surface area contributed by atoms with E-state index in [4.69, 9.17) is 5.11 Å². The van der Waals surface area contributed by atoms with Crippen molar-refractivity contribution in [1.29, 1.82) is 0 Å². The van der Waals surface area contributed by atoms with Gasteiger partial charge in [0.1, 0.15) is 6.04 Å². The molecule has 7 heteroatoms. The number of hydrogen-bond donors (Lipinski definition) is 1. The summed E-state index contributed by atoms with van der Waals surface area (Å²) in [4.78, 5) is 34.0. The average molecular weight is 292 g/mol. The summed E-state index contributed by atoms with van der Waals surface area (Å²) in [6.45, 7) is 1.68. The lowest BCUT2D eigenvalue weighted by Crippen LogP contribution is -2.41. The molecule has 1 rings (SSSR count). The molecule has 7 nitrogen and oxygen atoms in total. The Hall–Kier alpha value is -2.70. The van der Waals surface area contributed by atoms with Crippen LogP contribution in [0.25, 0.3) is 6.08 Å². The summed E-state index contributed by atoms with van der Waals surface area (Å²) < 4.78 is 0. The topological polar surface area (TPSA) is 101 Å². The highest BCUT2D eigenvalue weighted by Gasteiger charge is 2.22. The van der Waals surface area contributed by atoms with Crippen LogP contribution in [0.2, 0.25) is 0 Å². The Balaban J connectivity index is 2.77. The molecule has 0 aromatic heterocycles. The van der Waals surface area contributed by atoms with Gasteiger partial charge < -0.3 is 10.0 Å². The molecule has 21 heavy (non-hydrogen) atoms. The second-order valence-electron chi connectivity index (χ2n) is 4.39. The second kappa shape index (κ2) is 7.18. The number of carbonyl (C=O) groups excluding carboxylic acids is 1. The van der Waals surface area contributed by atoms with Crippen LogP contribution in [-0.2, 0) is 9.59 Å². The summed E-state index contributed by atoms with van der Waals surface area (Å²) in [5.41, 5.74) is 0.582. The lowest BCUT2D eigenvalue weighted by Gasteiger charge is -2.22. The molecule has 0 saturated carbocycles. The van der Waals surface area contributed by atoms with E-state index in [1.54, 1.807) is 6.92 Å².